The van der Waals surface area contributed by atoms with E-state index in [0.29, 0.717) is 22.9 Å². The summed E-state index contributed by atoms with van der Waals surface area (Å²) < 4.78 is 10.5. The quantitative estimate of drug-likeness (QED) is 0.629. The van der Waals surface area contributed by atoms with Gasteiger partial charge in [0.1, 0.15) is 4.88 Å². The lowest BCUT2D eigenvalue weighted by atomic mass is 10.1. The molecule has 2 heterocycles. The summed E-state index contributed by atoms with van der Waals surface area (Å²) in [5, 5.41) is 3.92. The van der Waals surface area contributed by atoms with Gasteiger partial charge in [-0.15, -0.1) is 11.3 Å². The van der Waals surface area contributed by atoms with Gasteiger partial charge in [0.15, 0.2) is 11.5 Å². The second-order valence-electron chi connectivity index (χ2n) is 6.25. The standard InChI is InChI=1S/C21H23N3O3S/c1-14-20(28-19(24-14)7-5-15-8-10-22-11-9-15)21(25)23-13-16-4-6-17(26-2)18(12-16)27-3/h4,6,8-12H,5,7,13H2,1-3H3,(H,23,25). The van der Waals surface area contributed by atoms with E-state index in [1.165, 1.54) is 16.9 Å². The van der Waals surface area contributed by atoms with E-state index < -0.39 is 0 Å². The Morgan fingerprint density at radius 2 is 1.79 bits per heavy atom. The molecule has 0 aliphatic heterocycles. The van der Waals surface area contributed by atoms with Crippen molar-refractivity contribution in [1.29, 1.82) is 0 Å². The van der Waals surface area contributed by atoms with Gasteiger partial charge in [0, 0.05) is 25.4 Å². The molecule has 3 aromatic rings. The molecule has 0 radical (unpaired) electrons. The fourth-order valence-corrected chi connectivity index (χ4v) is 3.80. The molecule has 0 aliphatic carbocycles. The van der Waals surface area contributed by atoms with Crippen molar-refractivity contribution in [1.82, 2.24) is 15.3 Å². The third-order valence-corrected chi connectivity index (χ3v) is 5.54. The van der Waals surface area contributed by atoms with Crippen LogP contribution in [0.25, 0.3) is 0 Å². The van der Waals surface area contributed by atoms with E-state index in [0.717, 1.165) is 29.1 Å². The Bertz CT molecular complexity index is 941. The highest BCUT2D eigenvalue weighted by Crippen LogP contribution is 2.27. The van der Waals surface area contributed by atoms with Crippen LogP contribution in [0.15, 0.2) is 42.7 Å². The number of aryl methyl sites for hydroxylation is 3. The maximum absolute atomic E-state index is 12.6. The van der Waals surface area contributed by atoms with E-state index in [-0.39, 0.29) is 5.91 Å². The van der Waals surface area contributed by atoms with Crippen LogP contribution in [-0.2, 0) is 19.4 Å². The van der Waals surface area contributed by atoms with Gasteiger partial charge < -0.3 is 14.8 Å². The number of methoxy groups -OCH3 is 2. The Morgan fingerprint density at radius 3 is 2.50 bits per heavy atom. The van der Waals surface area contributed by atoms with E-state index >= 15 is 0 Å². The number of nitrogens with zero attached hydrogens (tertiary/aromatic N) is 2. The van der Waals surface area contributed by atoms with Gasteiger partial charge >= 0.3 is 0 Å². The van der Waals surface area contributed by atoms with Gasteiger partial charge in [0.05, 0.1) is 24.9 Å². The summed E-state index contributed by atoms with van der Waals surface area (Å²) in [6, 6.07) is 9.59. The summed E-state index contributed by atoms with van der Waals surface area (Å²) in [5.74, 6) is 1.19. The summed E-state index contributed by atoms with van der Waals surface area (Å²) >= 11 is 1.45. The largest absolute Gasteiger partial charge is 0.493 e. The number of pyridine rings is 1. The minimum atomic E-state index is -0.111. The van der Waals surface area contributed by atoms with Crippen molar-refractivity contribution >= 4 is 17.2 Å². The van der Waals surface area contributed by atoms with Gasteiger partial charge in [0.2, 0.25) is 0 Å². The first kappa shape index (κ1) is 19.8. The molecule has 0 bridgehead atoms. The first-order valence-electron chi connectivity index (χ1n) is 8.95. The SMILES string of the molecule is COc1ccc(CNC(=O)c2sc(CCc3ccncc3)nc2C)cc1OC. The highest BCUT2D eigenvalue weighted by molar-refractivity contribution is 7.13. The van der Waals surface area contributed by atoms with Crippen LogP contribution >= 0.6 is 11.3 Å². The van der Waals surface area contributed by atoms with Crippen LogP contribution in [0.2, 0.25) is 0 Å². The third kappa shape index (κ3) is 4.86. The molecule has 0 saturated carbocycles. The first-order valence-corrected chi connectivity index (χ1v) is 9.76. The molecule has 7 heteroatoms. The topological polar surface area (TPSA) is 73.3 Å². The van der Waals surface area contributed by atoms with Gasteiger partial charge in [-0.2, -0.15) is 0 Å². The third-order valence-electron chi connectivity index (χ3n) is 4.33. The van der Waals surface area contributed by atoms with Gasteiger partial charge in [-0.05, 0) is 48.7 Å². The van der Waals surface area contributed by atoms with Crippen molar-refractivity contribution in [3.8, 4) is 11.5 Å². The number of thiazole rings is 1. The van der Waals surface area contributed by atoms with Gasteiger partial charge in [-0.25, -0.2) is 4.98 Å². The fraction of sp³-hybridized carbons (Fsp3) is 0.286. The maximum Gasteiger partial charge on any atom is 0.263 e. The minimum Gasteiger partial charge on any atom is -0.493 e. The number of amides is 1. The Hall–Kier alpha value is -2.93. The Balaban J connectivity index is 1.61. The van der Waals surface area contributed by atoms with Crippen molar-refractivity contribution in [3.63, 3.8) is 0 Å². The molecule has 0 unspecified atom stereocenters. The average molecular weight is 398 g/mol. The van der Waals surface area contributed by atoms with E-state index in [9.17, 15) is 4.79 Å². The number of ether oxygens (including phenoxy) is 2. The number of benzene rings is 1. The smallest absolute Gasteiger partial charge is 0.263 e. The second kappa shape index (κ2) is 9.32. The van der Waals surface area contributed by atoms with Crippen LogP contribution in [0, 0.1) is 6.92 Å². The Morgan fingerprint density at radius 1 is 1.04 bits per heavy atom. The monoisotopic (exact) mass is 397 g/mol. The molecule has 2 aromatic heterocycles. The molecule has 0 aliphatic rings. The Labute approximate surface area is 168 Å². The van der Waals surface area contributed by atoms with E-state index in [1.807, 2.05) is 37.3 Å². The zero-order valence-electron chi connectivity index (χ0n) is 16.2. The summed E-state index contributed by atoms with van der Waals surface area (Å²) in [5.41, 5.74) is 2.91. The number of rotatable bonds is 8. The number of aromatic nitrogens is 2. The van der Waals surface area contributed by atoms with E-state index in [1.54, 1.807) is 26.6 Å². The van der Waals surface area contributed by atoms with E-state index in [2.05, 4.69) is 15.3 Å². The van der Waals surface area contributed by atoms with Crippen molar-refractivity contribution < 1.29 is 14.3 Å². The molecular formula is C21H23N3O3S. The van der Waals surface area contributed by atoms with Crippen LogP contribution in [-0.4, -0.2) is 30.1 Å². The van der Waals surface area contributed by atoms with Gasteiger partial charge in [-0.3, -0.25) is 9.78 Å². The molecule has 0 spiro atoms. The zero-order chi connectivity index (χ0) is 19.9. The Kier molecular flexibility index (Phi) is 6.60. The molecule has 0 saturated heterocycles. The number of carbonyl (C=O) groups is 1. The summed E-state index contributed by atoms with van der Waals surface area (Å²) in [6.45, 7) is 2.28. The lowest BCUT2D eigenvalue weighted by Gasteiger charge is -2.10. The van der Waals surface area contributed by atoms with Crippen LogP contribution in [0.5, 0.6) is 11.5 Å². The van der Waals surface area contributed by atoms with Gasteiger partial charge in [0.25, 0.3) is 5.91 Å². The van der Waals surface area contributed by atoms with Gasteiger partial charge in [-0.1, -0.05) is 6.07 Å². The molecule has 146 valence electrons. The summed E-state index contributed by atoms with van der Waals surface area (Å²) in [6.07, 6.45) is 5.26. The first-order chi connectivity index (χ1) is 13.6. The lowest BCUT2D eigenvalue weighted by Crippen LogP contribution is -2.22. The van der Waals surface area contributed by atoms with Crippen LogP contribution in [0.3, 0.4) is 0 Å². The molecule has 0 fully saturated rings. The molecule has 1 amide bonds. The van der Waals surface area contributed by atoms with Crippen LogP contribution in [0.4, 0.5) is 0 Å². The number of carbonyl (C=O) groups excluding carboxylic acids is 1. The van der Waals surface area contributed by atoms with E-state index in [4.69, 9.17) is 9.47 Å². The highest BCUT2D eigenvalue weighted by atomic mass is 32.1. The normalized spacial score (nSPS) is 10.5. The molecule has 1 aromatic carbocycles. The molecule has 6 nitrogen and oxygen atoms in total. The molecule has 0 atom stereocenters. The van der Waals surface area contributed by atoms with Crippen molar-refractivity contribution in [2.45, 2.75) is 26.3 Å². The molecule has 3 rings (SSSR count). The average Bonchev–Trinajstić information content (AvgIpc) is 3.11. The van der Waals surface area contributed by atoms with Crippen molar-refractivity contribution in [3.05, 3.63) is 69.4 Å². The lowest BCUT2D eigenvalue weighted by molar-refractivity contribution is 0.0954. The maximum atomic E-state index is 12.6. The number of nitrogens with one attached hydrogen (secondary N) is 1. The molecule has 1 N–H and O–H groups in total. The summed E-state index contributed by atoms with van der Waals surface area (Å²) in [7, 11) is 3.19. The predicted octanol–water partition coefficient (Wildman–Crippen LogP) is 3.58. The van der Waals surface area contributed by atoms with Crippen LogP contribution < -0.4 is 14.8 Å². The van der Waals surface area contributed by atoms with Crippen LogP contribution in [0.1, 0.15) is 31.5 Å². The zero-order valence-corrected chi connectivity index (χ0v) is 17.0. The highest BCUT2D eigenvalue weighted by Gasteiger charge is 2.15. The predicted molar refractivity (Wildman–Crippen MR) is 109 cm³/mol. The second-order valence-corrected chi connectivity index (χ2v) is 7.33. The fourth-order valence-electron chi connectivity index (χ4n) is 2.82. The minimum absolute atomic E-state index is 0.111. The summed E-state index contributed by atoms with van der Waals surface area (Å²) in [4.78, 5) is 21.8. The number of hydrogen-bond donors (Lipinski definition) is 1. The molecule has 28 heavy (non-hydrogen) atoms. The molecular weight excluding hydrogens is 374 g/mol. The number of hydrogen-bond acceptors (Lipinski definition) is 6. The van der Waals surface area contributed by atoms with Crippen molar-refractivity contribution in [2.24, 2.45) is 0 Å². The van der Waals surface area contributed by atoms with Crippen molar-refractivity contribution in [2.75, 3.05) is 14.2 Å².